The number of hydrogen-bond donors (Lipinski definition) is 1. The van der Waals surface area contributed by atoms with Crippen LogP contribution in [0, 0.1) is 11.7 Å². The fourth-order valence-electron chi connectivity index (χ4n) is 5.34. The van der Waals surface area contributed by atoms with Crippen molar-refractivity contribution in [3.63, 3.8) is 0 Å². The lowest BCUT2D eigenvalue weighted by Gasteiger charge is -2.31. The molecule has 1 aliphatic carbocycles. The summed E-state index contributed by atoms with van der Waals surface area (Å²) in [6, 6.07) is 9.05. The van der Waals surface area contributed by atoms with Crippen molar-refractivity contribution in [1.82, 2.24) is 19.9 Å². The monoisotopic (exact) mass is 391 g/mol. The Hall–Kier alpha value is -2.96. The second kappa shape index (κ2) is 5.78. The van der Waals surface area contributed by atoms with Crippen LogP contribution in [0.15, 0.2) is 36.5 Å². The van der Waals surface area contributed by atoms with Crippen LogP contribution in [-0.4, -0.2) is 33.1 Å². The van der Waals surface area contributed by atoms with Gasteiger partial charge in [-0.15, -0.1) is 5.10 Å². The summed E-state index contributed by atoms with van der Waals surface area (Å²) in [5.74, 6) is 0.965. The van der Waals surface area contributed by atoms with Gasteiger partial charge in [-0.1, -0.05) is 6.07 Å². The minimum Gasteiger partial charge on any atom is -0.348 e. The third kappa shape index (κ3) is 2.36. The maximum Gasteiger partial charge on any atom is 0.271 e. The Labute approximate surface area is 167 Å². The lowest BCUT2D eigenvalue weighted by molar-refractivity contribution is 0.0931. The molecule has 4 heterocycles. The highest BCUT2D eigenvalue weighted by Crippen LogP contribution is 2.64. The molecule has 1 N–H and O–H groups in total. The summed E-state index contributed by atoms with van der Waals surface area (Å²) < 4.78 is 15.9. The molecule has 2 unspecified atom stereocenters. The van der Waals surface area contributed by atoms with E-state index in [9.17, 15) is 9.18 Å². The van der Waals surface area contributed by atoms with Gasteiger partial charge in [-0.05, 0) is 73.9 Å². The zero-order valence-corrected chi connectivity index (χ0v) is 16.2. The number of carbonyl (C=O) groups is 1. The van der Waals surface area contributed by atoms with Crippen LogP contribution >= 0.6 is 0 Å². The molecule has 7 heteroatoms. The number of benzene rings is 1. The van der Waals surface area contributed by atoms with Gasteiger partial charge in [0.25, 0.3) is 5.91 Å². The van der Waals surface area contributed by atoms with Crippen molar-refractivity contribution >= 4 is 17.4 Å². The van der Waals surface area contributed by atoms with Crippen molar-refractivity contribution < 1.29 is 9.18 Å². The standard InChI is InChI=1S/C22H22FN5O/c1-13-2-3-14-4-5-16(23)10-17(14)22-11-15(22)8-9-27(22)20-7-6-19-24-12-18(21(29)25-13)28(19)26-20/h4-7,10,12-13,15H,2-3,8-9,11H2,1H3,(H,25,29)/t13-,15?,22?/m1/s1. The largest absolute Gasteiger partial charge is 0.348 e. The predicted molar refractivity (Wildman–Crippen MR) is 106 cm³/mol. The van der Waals surface area contributed by atoms with Gasteiger partial charge in [0.1, 0.15) is 11.6 Å². The number of anilines is 1. The van der Waals surface area contributed by atoms with Gasteiger partial charge in [-0.3, -0.25) is 4.79 Å². The number of halogens is 1. The van der Waals surface area contributed by atoms with Gasteiger partial charge in [0, 0.05) is 12.6 Å². The summed E-state index contributed by atoms with van der Waals surface area (Å²) in [5.41, 5.74) is 3.16. The number of nitrogens with one attached hydrogen (secondary N) is 1. The molecule has 0 radical (unpaired) electrons. The second-order valence-corrected chi connectivity index (χ2v) is 8.59. The summed E-state index contributed by atoms with van der Waals surface area (Å²) in [4.78, 5) is 19.5. The van der Waals surface area contributed by atoms with Crippen LogP contribution in [0.2, 0.25) is 0 Å². The van der Waals surface area contributed by atoms with Crippen LogP contribution in [0.5, 0.6) is 0 Å². The average Bonchev–Trinajstić information content (AvgIpc) is 3.09. The zero-order chi connectivity index (χ0) is 19.8. The van der Waals surface area contributed by atoms with Crippen LogP contribution in [0.25, 0.3) is 5.65 Å². The lowest BCUT2D eigenvalue weighted by Crippen LogP contribution is -2.34. The van der Waals surface area contributed by atoms with E-state index in [0.717, 1.165) is 43.6 Å². The Morgan fingerprint density at radius 3 is 3.00 bits per heavy atom. The highest BCUT2D eigenvalue weighted by Gasteiger charge is 2.64. The van der Waals surface area contributed by atoms with Crippen molar-refractivity contribution in [3.8, 4) is 0 Å². The topological polar surface area (TPSA) is 62.5 Å². The Morgan fingerprint density at radius 1 is 1.24 bits per heavy atom. The van der Waals surface area contributed by atoms with Crippen LogP contribution in [0.1, 0.15) is 47.8 Å². The number of hydrogen-bond acceptors (Lipinski definition) is 4. The molecule has 1 aromatic carbocycles. The molecule has 3 aromatic rings. The highest BCUT2D eigenvalue weighted by atomic mass is 19.1. The number of imidazole rings is 1. The predicted octanol–water partition coefficient (Wildman–Crippen LogP) is 3.06. The number of piperidine rings is 1. The highest BCUT2D eigenvalue weighted by molar-refractivity contribution is 5.93. The molecule has 2 fully saturated rings. The molecule has 3 atom stereocenters. The molecule has 1 spiro atoms. The number of rotatable bonds is 0. The molecular weight excluding hydrogens is 369 g/mol. The minimum absolute atomic E-state index is 0.0120. The summed E-state index contributed by atoms with van der Waals surface area (Å²) >= 11 is 0. The van der Waals surface area contributed by atoms with Crippen molar-refractivity contribution in [2.45, 2.75) is 44.2 Å². The fourth-order valence-corrected chi connectivity index (χ4v) is 5.34. The van der Waals surface area contributed by atoms with E-state index < -0.39 is 0 Å². The van der Waals surface area contributed by atoms with E-state index in [0.29, 0.717) is 17.3 Å². The van der Waals surface area contributed by atoms with Gasteiger partial charge in [-0.25, -0.2) is 13.9 Å². The van der Waals surface area contributed by atoms with Gasteiger partial charge in [0.15, 0.2) is 11.3 Å². The summed E-state index contributed by atoms with van der Waals surface area (Å²) in [7, 11) is 0. The average molecular weight is 391 g/mol. The maximum absolute atomic E-state index is 14.3. The Kier molecular flexibility index (Phi) is 3.38. The molecule has 3 aliphatic rings. The molecule has 29 heavy (non-hydrogen) atoms. The van der Waals surface area contributed by atoms with Gasteiger partial charge >= 0.3 is 0 Å². The molecular formula is C22H22FN5O. The first kappa shape index (κ1) is 16.9. The normalized spacial score (nSPS) is 28.1. The molecule has 148 valence electrons. The van der Waals surface area contributed by atoms with E-state index >= 15 is 0 Å². The van der Waals surface area contributed by atoms with Crippen molar-refractivity contribution in [3.05, 3.63) is 59.2 Å². The molecule has 2 aromatic heterocycles. The number of fused-ring (bicyclic) bond motifs is 3. The zero-order valence-electron chi connectivity index (χ0n) is 16.2. The molecule has 2 bridgehead atoms. The minimum atomic E-state index is -0.193. The van der Waals surface area contributed by atoms with E-state index in [-0.39, 0.29) is 23.3 Å². The quantitative estimate of drug-likeness (QED) is 0.640. The molecule has 1 saturated carbocycles. The first-order valence-electron chi connectivity index (χ1n) is 10.3. The second-order valence-electron chi connectivity index (χ2n) is 8.59. The third-order valence-electron chi connectivity index (χ3n) is 6.88. The van der Waals surface area contributed by atoms with Crippen molar-refractivity contribution in [2.24, 2.45) is 5.92 Å². The smallest absolute Gasteiger partial charge is 0.271 e. The van der Waals surface area contributed by atoms with E-state index in [2.05, 4.69) is 15.2 Å². The van der Waals surface area contributed by atoms with E-state index in [1.807, 2.05) is 25.1 Å². The first-order chi connectivity index (χ1) is 14.1. The summed E-state index contributed by atoms with van der Waals surface area (Å²) in [6.45, 7) is 2.88. The molecule has 1 amide bonds. The van der Waals surface area contributed by atoms with E-state index in [1.165, 1.54) is 5.56 Å². The Bertz CT molecular complexity index is 1160. The van der Waals surface area contributed by atoms with Crippen LogP contribution < -0.4 is 10.2 Å². The van der Waals surface area contributed by atoms with Crippen LogP contribution in [0.4, 0.5) is 10.2 Å². The molecule has 6 rings (SSSR count). The van der Waals surface area contributed by atoms with Crippen LogP contribution in [0.3, 0.4) is 0 Å². The number of nitrogens with zero attached hydrogens (tertiary/aromatic N) is 4. The van der Waals surface area contributed by atoms with Crippen molar-refractivity contribution in [1.29, 1.82) is 0 Å². The number of aryl methyl sites for hydroxylation is 1. The number of amides is 1. The van der Waals surface area contributed by atoms with Crippen molar-refractivity contribution in [2.75, 3.05) is 11.4 Å². The SMILES string of the molecule is C[C@@H]1CCc2ccc(F)cc2C23CC2CCN3c2ccc3ncc(n3n2)C(=O)N1. The van der Waals surface area contributed by atoms with Gasteiger partial charge in [0.2, 0.25) is 0 Å². The van der Waals surface area contributed by atoms with E-state index in [4.69, 9.17) is 5.10 Å². The summed E-state index contributed by atoms with van der Waals surface area (Å²) in [6.07, 6.45) is 5.26. The van der Waals surface area contributed by atoms with Gasteiger partial charge < -0.3 is 10.2 Å². The van der Waals surface area contributed by atoms with E-state index in [1.54, 1.807) is 22.8 Å². The molecule has 2 aliphatic heterocycles. The number of carbonyl (C=O) groups excluding carboxylic acids is 1. The number of aromatic nitrogens is 3. The Balaban J connectivity index is 1.57. The van der Waals surface area contributed by atoms with Gasteiger partial charge in [0.05, 0.1) is 11.7 Å². The third-order valence-corrected chi connectivity index (χ3v) is 6.88. The maximum atomic E-state index is 14.3. The molecule has 1 saturated heterocycles. The molecule has 6 nitrogen and oxygen atoms in total. The Morgan fingerprint density at radius 2 is 2.14 bits per heavy atom. The fraction of sp³-hybridized carbons (Fsp3) is 0.409. The van der Waals surface area contributed by atoms with Gasteiger partial charge in [-0.2, -0.15) is 0 Å². The first-order valence-corrected chi connectivity index (χ1v) is 10.3. The lowest BCUT2D eigenvalue weighted by atomic mass is 9.92. The van der Waals surface area contributed by atoms with Crippen LogP contribution in [-0.2, 0) is 12.0 Å². The summed E-state index contributed by atoms with van der Waals surface area (Å²) in [5, 5.41) is 7.85.